The lowest BCUT2D eigenvalue weighted by molar-refractivity contribution is -0.122. The quantitative estimate of drug-likeness (QED) is 0.809. The molecule has 0 radical (unpaired) electrons. The molecular formula is C20H25NO3. The normalized spacial score (nSPS) is 11.1. The lowest BCUT2D eigenvalue weighted by atomic mass is 10.1. The zero-order chi connectivity index (χ0) is 17.4. The number of amides is 1. The summed E-state index contributed by atoms with van der Waals surface area (Å²) in [5, 5.41) is 3.02. The van der Waals surface area contributed by atoms with E-state index < -0.39 is 5.54 Å². The van der Waals surface area contributed by atoms with Gasteiger partial charge in [-0.2, -0.15) is 0 Å². The zero-order valence-corrected chi connectivity index (χ0v) is 14.5. The van der Waals surface area contributed by atoms with Gasteiger partial charge in [-0.15, -0.1) is 0 Å². The maximum absolute atomic E-state index is 12.2. The van der Waals surface area contributed by atoms with E-state index in [4.69, 9.17) is 9.47 Å². The highest BCUT2D eigenvalue weighted by atomic mass is 16.5. The minimum atomic E-state index is -0.418. The molecule has 24 heavy (non-hydrogen) atoms. The first kappa shape index (κ1) is 18.0. The van der Waals surface area contributed by atoms with Crippen LogP contribution in [-0.4, -0.2) is 25.2 Å². The summed E-state index contributed by atoms with van der Waals surface area (Å²) >= 11 is 0. The number of methoxy groups -OCH3 is 1. The number of nitrogens with one attached hydrogen (secondary N) is 1. The Morgan fingerprint density at radius 3 is 2.29 bits per heavy atom. The van der Waals surface area contributed by atoms with Crippen molar-refractivity contribution in [3.05, 3.63) is 65.7 Å². The van der Waals surface area contributed by atoms with Crippen LogP contribution in [0.5, 0.6) is 5.75 Å². The van der Waals surface area contributed by atoms with Crippen LogP contribution in [0.3, 0.4) is 0 Å². The summed E-state index contributed by atoms with van der Waals surface area (Å²) in [6.45, 7) is 4.92. The van der Waals surface area contributed by atoms with Crippen molar-refractivity contribution >= 4 is 5.91 Å². The van der Waals surface area contributed by atoms with Gasteiger partial charge < -0.3 is 14.8 Å². The molecule has 4 nitrogen and oxygen atoms in total. The van der Waals surface area contributed by atoms with Crippen molar-refractivity contribution in [1.29, 1.82) is 0 Å². The standard InChI is InChI=1S/C20H25NO3/c1-20(2,15-24-14-17-7-5-4-6-8-17)21-19(22)13-16-9-11-18(23-3)12-10-16/h4-12H,13-15H2,1-3H3,(H,21,22). The third-order valence-electron chi connectivity index (χ3n) is 3.58. The summed E-state index contributed by atoms with van der Waals surface area (Å²) in [7, 11) is 1.62. The molecule has 4 heteroatoms. The Bertz CT molecular complexity index is 636. The van der Waals surface area contributed by atoms with Crippen LogP contribution in [0.25, 0.3) is 0 Å². The largest absolute Gasteiger partial charge is 0.497 e. The molecule has 0 aliphatic carbocycles. The number of benzene rings is 2. The summed E-state index contributed by atoms with van der Waals surface area (Å²) in [4.78, 5) is 12.2. The van der Waals surface area contributed by atoms with Crippen molar-refractivity contribution in [2.75, 3.05) is 13.7 Å². The first-order valence-electron chi connectivity index (χ1n) is 8.04. The highest BCUT2D eigenvalue weighted by Gasteiger charge is 2.20. The first-order valence-corrected chi connectivity index (χ1v) is 8.04. The van der Waals surface area contributed by atoms with Crippen LogP contribution in [0, 0.1) is 0 Å². The number of hydrogen-bond donors (Lipinski definition) is 1. The molecule has 2 aromatic rings. The van der Waals surface area contributed by atoms with Gasteiger partial charge in [-0.05, 0) is 37.1 Å². The highest BCUT2D eigenvalue weighted by Crippen LogP contribution is 2.12. The van der Waals surface area contributed by atoms with Gasteiger partial charge in [0.2, 0.25) is 5.91 Å². The van der Waals surface area contributed by atoms with Crippen molar-refractivity contribution in [2.45, 2.75) is 32.4 Å². The summed E-state index contributed by atoms with van der Waals surface area (Å²) in [5.74, 6) is 0.766. The summed E-state index contributed by atoms with van der Waals surface area (Å²) in [6.07, 6.45) is 0.339. The van der Waals surface area contributed by atoms with E-state index in [0.717, 1.165) is 16.9 Å². The predicted molar refractivity (Wildman–Crippen MR) is 95.0 cm³/mol. The molecule has 0 bridgehead atoms. The van der Waals surface area contributed by atoms with E-state index in [2.05, 4.69) is 5.32 Å². The molecule has 1 amide bonds. The van der Waals surface area contributed by atoms with Crippen LogP contribution in [-0.2, 0) is 22.6 Å². The molecule has 0 aliphatic heterocycles. The lowest BCUT2D eigenvalue weighted by Crippen LogP contribution is -2.47. The fourth-order valence-corrected chi connectivity index (χ4v) is 2.38. The molecular weight excluding hydrogens is 302 g/mol. The van der Waals surface area contributed by atoms with E-state index in [-0.39, 0.29) is 5.91 Å². The maximum atomic E-state index is 12.2. The Kier molecular flexibility index (Phi) is 6.38. The monoisotopic (exact) mass is 327 g/mol. The molecule has 0 aromatic heterocycles. The summed E-state index contributed by atoms with van der Waals surface area (Å²) in [5.41, 5.74) is 1.66. The van der Waals surface area contributed by atoms with Crippen LogP contribution in [0.2, 0.25) is 0 Å². The van der Waals surface area contributed by atoms with Gasteiger partial charge >= 0.3 is 0 Å². The minimum absolute atomic E-state index is 0.0199. The van der Waals surface area contributed by atoms with Gasteiger partial charge in [0.15, 0.2) is 0 Å². The van der Waals surface area contributed by atoms with Crippen LogP contribution in [0.15, 0.2) is 54.6 Å². The molecule has 128 valence electrons. The SMILES string of the molecule is COc1ccc(CC(=O)NC(C)(C)COCc2ccccc2)cc1. The van der Waals surface area contributed by atoms with E-state index in [1.165, 1.54) is 0 Å². The van der Waals surface area contributed by atoms with Gasteiger partial charge in [0.1, 0.15) is 5.75 Å². The van der Waals surface area contributed by atoms with Crippen LogP contribution < -0.4 is 10.1 Å². The predicted octanol–water partition coefficient (Wildman–Crippen LogP) is 3.35. The molecule has 0 heterocycles. The van der Waals surface area contributed by atoms with Gasteiger partial charge in [0, 0.05) is 0 Å². The lowest BCUT2D eigenvalue weighted by Gasteiger charge is -2.26. The topological polar surface area (TPSA) is 47.6 Å². The Labute approximate surface area is 143 Å². The van der Waals surface area contributed by atoms with E-state index in [9.17, 15) is 4.79 Å². The van der Waals surface area contributed by atoms with Gasteiger partial charge in [-0.3, -0.25) is 4.79 Å². The minimum Gasteiger partial charge on any atom is -0.497 e. The smallest absolute Gasteiger partial charge is 0.224 e. The summed E-state index contributed by atoms with van der Waals surface area (Å²) < 4.78 is 10.9. The second-order valence-electron chi connectivity index (χ2n) is 6.44. The van der Waals surface area contributed by atoms with Crippen LogP contribution >= 0.6 is 0 Å². The number of hydrogen-bond acceptors (Lipinski definition) is 3. The van der Waals surface area contributed by atoms with Crippen molar-refractivity contribution in [2.24, 2.45) is 0 Å². The maximum Gasteiger partial charge on any atom is 0.224 e. The van der Waals surface area contributed by atoms with Gasteiger partial charge in [0.05, 0.1) is 32.3 Å². The average Bonchev–Trinajstić information content (AvgIpc) is 2.55. The molecule has 0 saturated heterocycles. The third-order valence-corrected chi connectivity index (χ3v) is 3.58. The average molecular weight is 327 g/mol. The molecule has 0 aliphatic rings. The second kappa shape index (κ2) is 8.50. The van der Waals surface area contributed by atoms with Crippen molar-refractivity contribution in [3.8, 4) is 5.75 Å². The number of rotatable bonds is 8. The molecule has 0 spiro atoms. The Morgan fingerprint density at radius 1 is 1.00 bits per heavy atom. The fraction of sp³-hybridized carbons (Fsp3) is 0.350. The second-order valence-corrected chi connectivity index (χ2v) is 6.44. The van der Waals surface area contributed by atoms with E-state index in [0.29, 0.717) is 19.6 Å². The molecule has 1 N–H and O–H groups in total. The first-order chi connectivity index (χ1) is 11.5. The fourth-order valence-electron chi connectivity index (χ4n) is 2.38. The zero-order valence-electron chi connectivity index (χ0n) is 14.5. The number of ether oxygens (including phenoxy) is 2. The van der Waals surface area contributed by atoms with Gasteiger partial charge in [0.25, 0.3) is 0 Å². The van der Waals surface area contributed by atoms with Gasteiger partial charge in [-0.25, -0.2) is 0 Å². The number of carbonyl (C=O) groups is 1. The Balaban J connectivity index is 1.78. The molecule has 0 fully saturated rings. The van der Waals surface area contributed by atoms with E-state index in [1.807, 2.05) is 68.4 Å². The third kappa shape index (κ3) is 6.05. The van der Waals surface area contributed by atoms with Crippen LogP contribution in [0.1, 0.15) is 25.0 Å². The Hall–Kier alpha value is -2.33. The highest BCUT2D eigenvalue weighted by molar-refractivity contribution is 5.79. The Morgan fingerprint density at radius 2 is 1.67 bits per heavy atom. The summed E-state index contributed by atoms with van der Waals surface area (Å²) in [6, 6.07) is 17.5. The molecule has 0 saturated carbocycles. The van der Waals surface area contributed by atoms with Gasteiger partial charge in [-0.1, -0.05) is 42.5 Å². The van der Waals surface area contributed by atoms with Crippen molar-refractivity contribution < 1.29 is 14.3 Å². The molecule has 0 atom stereocenters. The number of carbonyl (C=O) groups excluding carboxylic acids is 1. The van der Waals surface area contributed by atoms with Crippen molar-refractivity contribution in [1.82, 2.24) is 5.32 Å². The molecule has 2 aromatic carbocycles. The van der Waals surface area contributed by atoms with E-state index in [1.54, 1.807) is 7.11 Å². The molecule has 2 rings (SSSR count). The van der Waals surface area contributed by atoms with E-state index >= 15 is 0 Å². The van der Waals surface area contributed by atoms with Crippen molar-refractivity contribution in [3.63, 3.8) is 0 Å². The molecule has 0 unspecified atom stereocenters. The van der Waals surface area contributed by atoms with Crippen LogP contribution in [0.4, 0.5) is 0 Å².